The van der Waals surface area contributed by atoms with Crippen molar-refractivity contribution in [2.24, 2.45) is 0 Å². The maximum absolute atomic E-state index is 12.3. The zero-order chi connectivity index (χ0) is 20.5. The molecule has 0 saturated heterocycles. The van der Waals surface area contributed by atoms with Crippen LogP contribution in [-0.2, 0) is 14.3 Å². The van der Waals surface area contributed by atoms with Gasteiger partial charge in [0.05, 0.1) is 13.7 Å². The number of amides is 3. The fourth-order valence-corrected chi connectivity index (χ4v) is 2.35. The van der Waals surface area contributed by atoms with Gasteiger partial charge in [-0.05, 0) is 30.3 Å². The van der Waals surface area contributed by atoms with Gasteiger partial charge < -0.3 is 20.3 Å². The first kappa shape index (κ1) is 20.6. The summed E-state index contributed by atoms with van der Waals surface area (Å²) in [6.07, 6.45) is 0. The highest BCUT2D eigenvalue weighted by Crippen LogP contribution is 2.11. The van der Waals surface area contributed by atoms with Crippen LogP contribution in [0.5, 0.6) is 0 Å². The summed E-state index contributed by atoms with van der Waals surface area (Å²) >= 11 is 0. The molecule has 0 atom stereocenters. The molecule has 0 bridgehead atoms. The fraction of sp³-hybridized carbons (Fsp3) is 0.200. The van der Waals surface area contributed by atoms with Gasteiger partial charge in [-0.2, -0.15) is 0 Å². The predicted octanol–water partition coefficient (Wildman–Crippen LogP) is 1.30. The maximum Gasteiger partial charge on any atom is 0.325 e. The molecule has 0 fully saturated rings. The van der Waals surface area contributed by atoms with E-state index in [4.69, 9.17) is 0 Å². The molecule has 28 heavy (non-hydrogen) atoms. The van der Waals surface area contributed by atoms with Crippen LogP contribution in [0.3, 0.4) is 0 Å². The SMILES string of the molecule is COC(=O)CNC(=O)c1cccc(NC(=O)CN(C)C(=O)c2ccccc2)c1. The summed E-state index contributed by atoms with van der Waals surface area (Å²) in [6.45, 7) is -0.398. The second-order valence-corrected chi connectivity index (χ2v) is 5.92. The highest BCUT2D eigenvalue weighted by atomic mass is 16.5. The van der Waals surface area contributed by atoms with Crippen molar-refractivity contribution in [1.29, 1.82) is 0 Å². The number of hydrogen-bond donors (Lipinski definition) is 2. The summed E-state index contributed by atoms with van der Waals surface area (Å²) < 4.78 is 4.46. The van der Waals surface area contributed by atoms with E-state index in [1.807, 2.05) is 0 Å². The first-order chi connectivity index (χ1) is 13.4. The van der Waals surface area contributed by atoms with Crippen LogP contribution in [0.4, 0.5) is 5.69 Å². The molecule has 2 rings (SSSR count). The molecule has 8 nitrogen and oxygen atoms in total. The molecule has 146 valence electrons. The summed E-state index contributed by atoms with van der Waals surface area (Å²) in [5.74, 6) is -1.72. The number of rotatable bonds is 7. The fourth-order valence-electron chi connectivity index (χ4n) is 2.35. The van der Waals surface area contributed by atoms with Crippen molar-refractivity contribution >= 4 is 29.4 Å². The van der Waals surface area contributed by atoms with Crippen molar-refractivity contribution in [3.05, 3.63) is 65.7 Å². The van der Waals surface area contributed by atoms with Crippen LogP contribution in [0.15, 0.2) is 54.6 Å². The van der Waals surface area contributed by atoms with E-state index in [1.165, 1.54) is 25.1 Å². The number of methoxy groups -OCH3 is 1. The lowest BCUT2D eigenvalue weighted by Gasteiger charge is -2.17. The lowest BCUT2D eigenvalue weighted by atomic mass is 10.2. The van der Waals surface area contributed by atoms with E-state index in [1.54, 1.807) is 48.5 Å². The summed E-state index contributed by atoms with van der Waals surface area (Å²) in [5, 5.41) is 5.06. The number of carbonyl (C=O) groups is 4. The third-order valence-corrected chi connectivity index (χ3v) is 3.78. The number of likely N-dealkylation sites (N-methyl/N-ethyl adjacent to an activating group) is 1. The Morgan fingerprint density at radius 3 is 2.32 bits per heavy atom. The van der Waals surface area contributed by atoms with Gasteiger partial charge in [-0.25, -0.2) is 0 Å². The lowest BCUT2D eigenvalue weighted by molar-refractivity contribution is -0.139. The number of carbonyl (C=O) groups excluding carboxylic acids is 4. The van der Waals surface area contributed by atoms with Crippen molar-refractivity contribution in [2.45, 2.75) is 0 Å². The van der Waals surface area contributed by atoms with E-state index in [-0.39, 0.29) is 24.6 Å². The highest BCUT2D eigenvalue weighted by Gasteiger charge is 2.15. The zero-order valence-electron chi connectivity index (χ0n) is 15.6. The molecule has 2 N–H and O–H groups in total. The van der Waals surface area contributed by atoms with Crippen molar-refractivity contribution < 1.29 is 23.9 Å². The molecule has 0 radical (unpaired) electrons. The van der Waals surface area contributed by atoms with Crippen molar-refractivity contribution in [3.8, 4) is 0 Å². The van der Waals surface area contributed by atoms with E-state index < -0.39 is 17.8 Å². The Morgan fingerprint density at radius 1 is 0.964 bits per heavy atom. The van der Waals surface area contributed by atoms with Gasteiger partial charge in [0.15, 0.2) is 0 Å². The molecule has 0 spiro atoms. The molecule has 0 unspecified atom stereocenters. The van der Waals surface area contributed by atoms with Gasteiger partial charge in [-0.15, -0.1) is 0 Å². The molecular formula is C20H21N3O5. The third-order valence-electron chi connectivity index (χ3n) is 3.78. The average molecular weight is 383 g/mol. The molecule has 0 aromatic heterocycles. The molecular weight excluding hydrogens is 362 g/mol. The van der Waals surface area contributed by atoms with E-state index >= 15 is 0 Å². The van der Waals surface area contributed by atoms with Crippen molar-refractivity contribution in [1.82, 2.24) is 10.2 Å². The number of ether oxygens (including phenoxy) is 1. The van der Waals surface area contributed by atoms with E-state index in [0.29, 0.717) is 11.3 Å². The molecule has 2 aromatic carbocycles. The Kier molecular flexibility index (Phi) is 7.27. The Morgan fingerprint density at radius 2 is 1.64 bits per heavy atom. The Bertz CT molecular complexity index is 867. The summed E-state index contributed by atoms with van der Waals surface area (Å²) in [6, 6.07) is 14.9. The van der Waals surface area contributed by atoms with Gasteiger partial charge in [0.2, 0.25) is 5.91 Å². The zero-order valence-corrected chi connectivity index (χ0v) is 15.6. The Hall–Kier alpha value is -3.68. The van der Waals surface area contributed by atoms with Crippen LogP contribution >= 0.6 is 0 Å². The number of hydrogen-bond acceptors (Lipinski definition) is 5. The topological polar surface area (TPSA) is 105 Å². The summed E-state index contributed by atoms with van der Waals surface area (Å²) in [7, 11) is 2.76. The minimum Gasteiger partial charge on any atom is -0.468 e. The highest BCUT2D eigenvalue weighted by molar-refractivity contribution is 6.00. The average Bonchev–Trinajstić information content (AvgIpc) is 2.71. The molecule has 0 aliphatic carbocycles. The Labute approximate surface area is 162 Å². The standard InChI is InChI=1S/C20H21N3O5/c1-23(20(27)14-7-4-3-5-8-14)13-17(24)22-16-10-6-9-15(11-16)19(26)21-12-18(25)28-2/h3-11H,12-13H2,1-2H3,(H,21,26)(H,22,24). The number of nitrogens with zero attached hydrogens (tertiary/aromatic N) is 1. The molecule has 3 amide bonds. The Balaban J connectivity index is 1.94. The van der Waals surface area contributed by atoms with Gasteiger partial charge in [-0.1, -0.05) is 24.3 Å². The third kappa shape index (κ3) is 5.94. The van der Waals surface area contributed by atoms with Gasteiger partial charge >= 0.3 is 5.97 Å². The first-order valence-electron chi connectivity index (χ1n) is 8.46. The molecule has 0 aliphatic rings. The van der Waals surface area contributed by atoms with Gasteiger partial charge in [0.1, 0.15) is 6.54 Å². The quantitative estimate of drug-likeness (QED) is 0.701. The number of esters is 1. The van der Waals surface area contributed by atoms with Crippen molar-refractivity contribution in [3.63, 3.8) is 0 Å². The van der Waals surface area contributed by atoms with E-state index in [2.05, 4.69) is 15.4 Å². The van der Waals surface area contributed by atoms with Crippen LogP contribution in [0.25, 0.3) is 0 Å². The first-order valence-corrected chi connectivity index (χ1v) is 8.46. The van der Waals surface area contributed by atoms with Crippen LogP contribution < -0.4 is 10.6 Å². The maximum atomic E-state index is 12.3. The minimum absolute atomic E-state index is 0.146. The van der Waals surface area contributed by atoms with Gasteiger partial charge in [-0.3, -0.25) is 19.2 Å². The van der Waals surface area contributed by atoms with Gasteiger partial charge in [0, 0.05) is 23.9 Å². The second kappa shape index (κ2) is 9.86. The smallest absolute Gasteiger partial charge is 0.325 e. The monoisotopic (exact) mass is 383 g/mol. The molecule has 2 aromatic rings. The minimum atomic E-state index is -0.566. The normalized spacial score (nSPS) is 9.93. The van der Waals surface area contributed by atoms with Crippen LogP contribution in [0, 0.1) is 0 Å². The molecule has 8 heteroatoms. The lowest BCUT2D eigenvalue weighted by Crippen LogP contribution is -2.35. The second-order valence-electron chi connectivity index (χ2n) is 5.92. The summed E-state index contributed by atoms with van der Waals surface area (Å²) in [4.78, 5) is 48.9. The molecule has 0 heterocycles. The largest absolute Gasteiger partial charge is 0.468 e. The summed E-state index contributed by atoms with van der Waals surface area (Å²) in [5.41, 5.74) is 1.16. The van der Waals surface area contributed by atoms with Crippen LogP contribution in [-0.4, -0.2) is 55.8 Å². The van der Waals surface area contributed by atoms with Crippen LogP contribution in [0.2, 0.25) is 0 Å². The number of benzene rings is 2. The van der Waals surface area contributed by atoms with E-state index in [0.717, 1.165) is 0 Å². The van der Waals surface area contributed by atoms with Crippen LogP contribution in [0.1, 0.15) is 20.7 Å². The molecule has 0 saturated carbocycles. The number of anilines is 1. The van der Waals surface area contributed by atoms with Gasteiger partial charge in [0.25, 0.3) is 11.8 Å². The van der Waals surface area contributed by atoms with Crippen molar-refractivity contribution in [2.75, 3.05) is 32.6 Å². The number of nitrogens with one attached hydrogen (secondary N) is 2. The predicted molar refractivity (Wildman–Crippen MR) is 103 cm³/mol. The van der Waals surface area contributed by atoms with E-state index in [9.17, 15) is 19.2 Å². The molecule has 0 aliphatic heterocycles.